The van der Waals surface area contributed by atoms with E-state index in [0.29, 0.717) is 6.04 Å². The van der Waals surface area contributed by atoms with Gasteiger partial charge in [0.2, 0.25) is 0 Å². The Bertz CT molecular complexity index is 823. The molecule has 0 aromatic carbocycles. The van der Waals surface area contributed by atoms with Gasteiger partial charge in [0.15, 0.2) is 10.3 Å². The van der Waals surface area contributed by atoms with Crippen molar-refractivity contribution >= 4 is 27.8 Å². The van der Waals surface area contributed by atoms with Gasteiger partial charge in [-0.15, -0.1) is 22.7 Å². The van der Waals surface area contributed by atoms with E-state index in [1.54, 1.807) is 22.7 Å². The molecule has 0 bridgehead atoms. The molecule has 0 spiro atoms. The molecule has 1 fully saturated rings. The zero-order valence-corrected chi connectivity index (χ0v) is 14.5. The summed E-state index contributed by atoms with van der Waals surface area (Å²) in [5.41, 5.74) is 5.73. The molecule has 3 heterocycles. The second-order valence-corrected chi connectivity index (χ2v) is 7.54. The maximum absolute atomic E-state index is 4.75. The second kappa shape index (κ2) is 5.21. The van der Waals surface area contributed by atoms with Crippen molar-refractivity contribution in [3.8, 4) is 16.4 Å². The van der Waals surface area contributed by atoms with Crippen molar-refractivity contribution in [1.29, 1.82) is 0 Å². The van der Waals surface area contributed by atoms with Gasteiger partial charge >= 0.3 is 0 Å². The van der Waals surface area contributed by atoms with Crippen LogP contribution in [0, 0.1) is 20.8 Å². The van der Waals surface area contributed by atoms with Crippen LogP contribution in [0.25, 0.3) is 16.4 Å². The van der Waals surface area contributed by atoms with Crippen molar-refractivity contribution in [2.45, 2.75) is 39.7 Å². The first-order chi connectivity index (χ1) is 10.6. The summed E-state index contributed by atoms with van der Waals surface area (Å²) in [6.45, 7) is 6.31. The maximum Gasteiger partial charge on any atom is 0.194 e. The first-order valence-corrected chi connectivity index (χ1v) is 9.21. The Labute approximate surface area is 137 Å². The van der Waals surface area contributed by atoms with Crippen molar-refractivity contribution in [3.05, 3.63) is 33.9 Å². The third-order valence-electron chi connectivity index (χ3n) is 3.91. The van der Waals surface area contributed by atoms with Crippen molar-refractivity contribution in [2.75, 3.05) is 5.32 Å². The molecular weight excluding hydrogens is 312 g/mol. The number of rotatable bonds is 4. The minimum absolute atomic E-state index is 0.643. The fraction of sp³-hybridized carbons (Fsp3) is 0.375. The highest BCUT2D eigenvalue weighted by molar-refractivity contribution is 7.14. The molecule has 114 valence electrons. The quantitative estimate of drug-likeness (QED) is 0.763. The number of nitrogens with zero attached hydrogens (tertiary/aromatic N) is 3. The Kier molecular flexibility index (Phi) is 3.31. The summed E-state index contributed by atoms with van der Waals surface area (Å²) < 4.78 is 2.22. The molecular formula is C16H18N4S2. The predicted octanol–water partition coefficient (Wildman–Crippen LogP) is 4.56. The van der Waals surface area contributed by atoms with E-state index in [-0.39, 0.29) is 0 Å². The number of anilines is 1. The molecule has 1 N–H and O–H groups in total. The minimum Gasteiger partial charge on any atom is -0.359 e. The molecule has 1 saturated carbocycles. The average Bonchev–Trinajstić information content (AvgIpc) is 2.87. The van der Waals surface area contributed by atoms with Crippen LogP contribution in [0.1, 0.15) is 29.9 Å². The van der Waals surface area contributed by atoms with Gasteiger partial charge in [0.25, 0.3) is 0 Å². The van der Waals surface area contributed by atoms with Gasteiger partial charge in [0.1, 0.15) is 0 Å². The van der Waals surface area contributed by atoms with Gasteiger partial charge in [-0.3, -0.25) is 4.57 Å². The van der Waals surface area contributed by atoms with Crippen LogP contribution in [0.3, 0.4) is 0 Å². The highest BCUT2D eigenvalue weighted by Gasteiger charge is 2.22. The van der Waals surface area contributed by atoms with Crippen LogP contribution >= 0.6 is 22.7 Å². The molecule has 4 rings (SSSR count). The smallest absolute Gasteiger partial charge is 0.194 e. The lowest BCUT2D eigenvalue weighted by molar-refractivity contribution is 0.943. The summed E-state index contributed by atoms with van der Waals surface area (Å²) in [6, 6.07) is 2.85. The molecule has 3 aromatic rings. The van der Waals surface area contributed by atoms with Crippen LogP contribution in [0.5, 0.6) is 0 Å². The molecule has 22 heavy (non-hydrogen) atoms. The molecule has 6 heteroatoms. The van der Waals surface area contributed by atoms with Gasteiger partial charge in [-0.2, -0.15) is 0 Å². The van der Waals surface area contributed by atoms with Crippen molar-refractivity contribution in [2.24, 2.45) is 0 Å². The van der Waals surface area contributed by atoms with E-state index < -0.39 is 0 Å². The Hall–Kier alpha value is -1.66. The maximum atomic E-state index is 4.75. The molecule has 0 atom stereocenters. The first kappa shape index (κ1) is 14.0. The third-order valence-corrected chi connectivity index (χ3v) is 5.63. The Balaban J connectivity index is 1.71. The van der Waals surface area contributed by atoms with E-state index in [2.05, 4.69) is 45.5 Å². The first-order valence-electron chi connectivity index (χ1n) is 7.45. The molecule has 1 aliphatic carbocycles. The molecule has 0 aliphatic heterocycles. The van der Waals surface area contributed by atoms with Crippen LogP contribution in [-0.4, -0.2) is 20.6 Å². The Morgan fingerprint density at radius 3 is 2.64 bits per heavy atom. The fourth-order valence-corrected chi connectivity index (χ4v) is 4.33. The monoisotopic (exact) mass is 330 g/mol. The number of aryl methyl sites for hydroxylation is 2. The summed E-state index contributed by atoms with van der Waals surface area (Å²) >= 11 is 3.38. The standard InChI is InChI=1S/C16H18N4S2/c1-9-7-22-16(17-9)20-10(2)6-13(11(20)3)14-8-21-15(19-14)18-12-4-5-12/h6-8,12H,4-5H2,1-3H3,(H,18,19). The van der Waals surface area contributed by atoms with Crippen LogP contribution in [0.2, 0.25) is 0 Å². The van der Waals surface area contributed by atoms with E-state index in [4.69, 9.17) is 4.98 Å². The zero-order valence-electron chi connectivity index (χ0n) is 12.9. The summed E-state index contributed by atoms with van der Waals surface area (Å²) in [6.07, 6.45) is 2.54. The molecule has 0 radical (unpaired) electrons. The molecule has 0 saturated heterocycles. The average molecular weight is 330 g/mol. The van der Waals surface area contributed by atoms with E-state index >= 15 is 0 Å². The summed E-state index contributed by atoms with van der Waals surface area (Å²) in [5, 5.41) is 9.77. The minimum atomic E-state index is 0.643. The zero-order chi connectivity index (χ0) is 15.3. The van der Waals surface area contributed by atoms with E-state index in [9.17, 15) is 0 Å². The van der Waals surface area contributed by atoms with Crippen LogP contribution < -0.4 is 5.32 Å². The number of hydrogen-bond acceptors (Lipinski definition) is 5. The summed E-state index contributed by atoms with van der Waals surface area (Å²) in [7, 11) is 0. The second-order valence-electron chi connectivity index (χ2n) is 5.85. The fourth-order valence-electron chi connectivity index (χ4n) is 2.63. The van der Waals surface area contributed by atoms with Gasteiger partial charge in [0.05, 0.1) is 11.4 Å². The lowest BCUT2D eigenvalue weighted by atomic mass is 10.2. The topological polar surface area (TPSA) is 42.7 Å². The van der Waals surface area contributed by atoms with Crippen LogP contribution in [0.15, 0.2) is 16.8 Å². The predicted molar refractivity (Wildman–Crippen MR) is 93.4 cm³/mol. The molecule has 0 unspecified atom stereocenters. The van der Waals surface area contributed by atoms with Gasteiger partial charge in [-0.25, -0.2) is 9.97 Å². The number of aromatic nitrogens is 3. The van der Waals surface area contributed by atoms with E-state index in [0.717, 1.165) is 21.7 Å². The molecule has 3 aromatic heterocycles. The Morgan fingerprint density at radius 2 is 1.95 bits per heavy atom. The van der Waals surface area contributed by atoms with E-state index in [1.807, 2.05) is 6.92 Å². The number of thiazole rings is 2. The third kappa shape index (κ3) is 2.46. The van der Waals surface area contributed by atoms with Crippen molar-refractivity contribution in [1.82, 2.24) is 14.5 Å². The van der Waals surface area contributed by atoms with Gasteiger partial charge in [-0.1, -0.05) is 0 Å². The van der Waals surface area contributed by atoms with Gasteiger partial charge in [0, 0.05) is 33.8 Å². The SMILES string of the molecule is Cc1csc(-n2c(C)cc(-c3csc(NC4CC4)n3)c2C)n1. The molecule has 1 aliphatic rings. The number of nitrogens with one attached hydrogen (secondary N) is 1. The number of hydrogen-bond donors (Lipinski definition) is 1. The van der Waals surface area contributed by atoms with E-state index in [1.165, 1.54) is 29.8 Å². The molecule has 0 amide bonds. The highest BCUT2D eigenvalue weighted by Crippen LogP contribution is 2.34. The normalized spacial score (nSPS) is 14.5. The lowest BCUT2D eigenvalue weighted by Gasteiger charge is -2.05. The molecule has 4 nitrogen and oxygen atoms in total. The Morgan fingerprint density at radius 1 is 1.14 bits per heavy atom. The van der Waals surface area contributed by atoms with Gasteiger partial charge in [-0.05, 0) is 39.7 Å². The van der Waals surface area contributed by atoms with Crippen molar-refractivity contribution in [3.63, 3.8) is 0 Å². The van der Waals surface area contributed by atoms with Crippen LogP contribution in [0.4, 0.5) is 5.13 Å². The largest absolute Gasteiger partial charge is 0.359 e. The van der Waals surface area contributed by atoms with Gasteiger partial charge < -0.3 is 5.32 Å². The highest BCUT2D eigenvalue weighted by atomic mass is 32.1. The summed E-state index contributed by atoms with van der Waals surface area (Å²) in [5.74, 6) is 0. The van der Waals surface area contributed by atoms with Crippen LogP contribution in [-0.2, 0) is 0 Å². The van der Waals surface area contributed by atoms with Crippen molar-refractivity contribution < 1.29 is 0 Å². The lowest BCUT2D eigenvalue weighted by Crippen LogP contribution is -2.00. The summed E-state index contributed by atoms with van der Waals surface area (Å²) in [4.78, 5) is 9.37.